The number of benzene rings is 2. The molecule has 3 rings (SSSR count). The van der Waals surface area contributed by atoms with Gasteiger partial charge >= 0.3 is 0 Å². The van der Waals surface area contributed by atoms with Gasteiger partial charge < -0.3 is 9.47 Å². The molecule has 2 unspecified atom stereocenters. The summed E-state index contributed by atoms with van der Waals surface area (Å²) in [6, 6.07) is 11.0. The molecule has 0 amide bonds. The van der Waals surface area contributed by atoms with Gasteiger partial charge in [-0.1, -0.05) is 6.07 Å². The number of methoxy groups -OCH3 is 1. The first-order valence-corrected chi connectivity index (χ1v) is 10.3. The first-order valence-electron chi connectivity index (χ1n) is 9.15. The molecule has 0 N–H and O–H groups in total. The molecule has 0 saturated carbocycles. The summed E-state index contributed by atoms with van der Waals surface area (Å²) >= 11 is 0. The number of hydrogen-bond donors (Lipinski definition) is 0. The number of hydrogen-bond acceptors (Lipinski definition) is 4. The summed E-state index contributed by atoms with van der Waals surface area (Å²) in [5.41, 5.74) is 2.12. The van der Waals surface area contributed by atoms with E-state index in [9.17, 15) is 9.00 Å². The first kappa shape index (κ1) is 20.3. The topological polar surface area (TPSA) is 65.0 Å². The quantitative estimate of drug-likeness (QED) is 0.542. The molecule has 1 heterocycles. The number of aryl methyl sites for hydroxylation is 1. The zero-order valence-corrected chi connectivity index (χ0v) is 17.6. The Morgan fingerprint density at radius 3 is 2.71 bits per heavy atom. The van der Waals surface area contributed by atoms with Gasteiger partial charge in [0.05, 0.1) is 7.11 Å². The average Bonchev–Trinajstić information content (AvgIpc) is 2.64. The standard InChI is InChI=1S/C22H25NO4S/c1-14-6-8-20(26-5)21(10-14)28(25)23-13-17-12-22(3,4)27-19-9-7-16(15(2)24)11-18(17)19/h6-11,13,17H,12H2,1-5H3. The van der Waals surface area contributed by atoms with Crippen molar-refractivity contribution in [1.29, 1.82) is 0 Å². The minimum atomic E-state index is -1.59. The van der Waals surface area contributed by atoms with E-state index < -0.39 is 11.0 Å². The third kappa shape index (κ3) is 4.33. The lowest BCUT2D eigenvalue weighted by atomic mass is 9.84. The zero-order valence-electron chi connectivity index (χ0n) is 16.8. The Hall–Kier alpha value is -2.47. The summed E-state index contributed by atoms with van der Waals surface area (Å²) in [5, 5.41) is 0. The van der Waals surface area contributed by atoms with E-state index in [-0.39, 0.29) is 17.3 Å². The number of carbonyl (C=O) groups excluding carboxylic acids is 1. The van der Waals surface area contributed by atoms with Crippen LogP contribution in [0.15, 0.2) is 45.7 Å². The summed E-state index contributed by atoms with van der Waals surface area (Å²) in [6.45, 7) is 7.49. The molecule has 0 aliphatic carbocycles. The van der Waals surface area contributed by atoms with Crippen molar-refractivity contribution in [3.63, 3.8) is 0 Å². The lowest BCUT2D eigenvalue weighted by molar-refractivity contribution is 0.0813. The normalized spacial score (nSPS) is 19.0. The van der Waals surface area contributed by atoms with Gasteiger partial charge in [-0.15, -0.1) is 0 Å². The van der Waals surface area contributed by atoms with Gasteiger partial charge in [0.1, 0.15) is 22.0 Å². The van der Waals surface area contributed by atoms with Crippen molar-refractivity contribution >= 4 is 23.0 Å². The van der Waals surface area contributed by atoms with Crippen LogP contribution in [0.2, 0.25) is 0 Å². The molecule has 1 aliphatic rings. The van der Waals surface area contributed by atoms with Crippen LogP contribution in [0.4, 0.5) is 0 Å². The summed E-state index contributed by atoms with van der Waals surface area (Å²) in [4.78, 5) is 12.3. The third-order valence-corrected chi connectivity index (χ3v) is 5.77. The van der Waals surface area contributed by atoms with Crippen LogP contribution < -0.4 is 9.47 Å². The number of ether oxygens (including phenoxy) is 2. The minimum Gasteiger partial charge on any atom is -0.495 e. The van der Waals surface area contributed by atoms with Crippen molar-refractivity contribution in [2.75, 3.05) is 7.11 Å². The number of nitrogens with zero attached hydrogens (tertiary/aromatic N) is 1. The third-order valence-electron chi connectivity index (χ3n) is 4.76. The lowest BCUT2D eigenvalue weighted by Gasteiger charge is -2.36. The second-order valence-electron chi connectivity index (χ2n) is 7.64. The summed E-state index contributed by atoms with van der Waals surface area (Å²) in [5.74, 6) is 1.18. The fourth-order valence-electron chi connectivity index (χ4n) is 3.37. The largest absolute Gasteiger partial charge is 0.495 e. The molecular weight excluding hydrogens is 374 g/mol. The molecular formula is C22H25NO4S. The van der Waals surface area contributed by atoms with E-state index in [1.807, 2.05) is 45.0 Å². The van der Waals surface area contributed by atoms with Gasteiger partial charge in [-0.2, -0.15) is 4.40 Å². The molecule has 0 spiro atoms. The Morgan fingerprint density at radius 1 is 1.29 bits per heavy atom. The Balaban J connectivity index is 1.95. The highest BCUT2D eigenvalue weighted by Gasteiger charge is 2.33. The second-order valence-corrected chi connectivity index (χ2v) is 8.79. The SMILES string of the molecule is COc1ccc(C)cc1S(=O)N=CC1CC(C)(C)Oc2ccc(C(C)=O)cc21. The fraction of sp³-hybridized carbons (Fsp3) is 0.364. The van der Waals surface area contributed by atoms with E-state index in [0.717, 1.165) is 16.9 Å². The molecule has 5 nitrogen and oxygen atoms in total. The summed E-state index contributed by atoms with van der Waals surface area (Å²) in [7, 11) is -0.0346. The van der Waals surface area contributed by atoms with Crippen molar-refractivity contribution in [3.8, 4) is 11.5 Å². The second kappa shape index (κ2) is 7.87. The van der Waals surface area contributed by atoms with E-state index >= 15 is 0 Å². The molecule has 0 saturated heterocycles. The van der Waals surface area contributed by atoms with Gasteiger partial charge in [-0.25, -0.2) is 4.21 Å². The van der Waals surface area contributed by atoms with E-state index in [1.54, 1.807) is 25.5 Å². The first-order chi connectivity index (χ1) is 13.2. The van der Waals surface area contributed by atoms with Gasteiger partial charge in [0.15, 0.2) is 16.8 Å². The Bertz CT molecular complexity index is 965. The van der Waals surface area contributed by atoms with Gasteiger partial charge in [-0.05, 0) is 70.0 Å². The summed E-state index contributed by atoms with van der Waals surface area (Å²) < 4.78 is 28.5. The van der Waals surface area contributed by atoms with Crippen LogP contribution in [0.3, 0.4) is 0 Å². The predicted molar refractivity (Wildman–Crippen MR) is 111 cm³/mol. The van der Waals surface area contributed by atoms with Crippen molar-refractivity contribution in [1.82, 2.24) is 0 Å². The van der Waals surface area contributed by atoms with Crippen LogP contribution in [-0.4, -0.2) is 28.9 Å². The Morgan fingerprint density at radius 2 is 2.04 bits per heavy atom. The molecule has 148 valence electrons. The highest BCUT2D eigenvalue weighted by molar-refractivity contribution is 7.84. The maximum atomic E-state index is 12.8. The molecule has 6 heteroatoms. The number of Topliss-reactive ketones (excluding diaryl/α,β-unsaturated/α-hetero) is 1. The molecule has 0 bridgehead atoms. The van der Waals surface area contributed by atoms with E-state index in [0.29, 0.717) is 22.6 Å². The highest BCUT2D eigenvalue weighted by Crippen LogP contribution is 2.40. The van der Waals surface area contributed by atoms with E-state index in [1.165, 1.54) is 6.92 Å². The van der Waals surface area contributed by atoms with Gasteiger partial charge in [0.2, 0.25) is 0 Å². The van der Waals surface area contributed by atoms with Crippen LogP contribution in [-0.2, 0) is 11.0 Å². The molecule has 1 aliphatic heterocycles. The average molecular weight is 400 g/mol. The molecule has 0 radical (unpaired) electrons. The monoisotopic (exact) mass is 399 g/mol. The maximum Gasteiger partial charge on any atom is 0.176 e. The van der Waals surface area contributed by atoms with Gasteiger partial charge in [-0.3, -0.25) is 4.79 Å². The Labute approximate surface area is 168 Å². The summed E-state index contributed by atoms with van der Waals surface area (Å²) in [6.07, 6.45) is 2.39. The maximum absolute atomic E-state index is 12.8. The molecule has 2 aromatic rings. The van der Waals surface area contributed by atoms with Gasteiger partial charge in [0, 0.05) is 23.3 Å². The van der Waals surface area contributed by atoms with Crippen molar-refractivity contribution in [2.45, 2.75) is 50.5 Å². The predicted octanol–water partition coefficient (Wildman–Crippen LogP) is 4.64. The molecule has 28 heavy (non-hydrogen) atoms. The number of ketones is 1. The molecule has 2 atom stereocenters. The van der Waals surface area contributed by atoms with Gasteiger partial charge in [0.25, 0.3) is 0 Å². The van der Waals surface area contributed by atoms with E-state index in [4.69, 9.17) is 9.47 Å². The van der Waals surface area contributed by atoms with Crippen LogP contribution in [0, 0.1) is 6.92 Å². The number of rotatable bonds is 5. The zero-order chi connectivity index (χ0) is 20.5. The van der Waals surface area contributed by atoms with Crippen LogP contribution in [0.1, 0.15) is 54.6 Å². The molecule has 0 fully saturated rings. The van der Waals surface area contributed by atoms with Crippen LogP contribution >= 0.6 is 0 Å². The number of carbonyl (C=O) groups is 1. The molecule has 0 aromatic heterocycles. The van der Waals surface area contributed by atoms with E-state index in [2.05, 4.69) is 4.40 Å². The Kier molecular flexibility index (Phi) is 5.70. The van der Waals surface area contributed by atoms with Crippen molar-refractivity contribution in [2.24, 2.45) is 4.40 Å². The highest BCUT2D eigenvalue weighted by atomic mass is 32.2. The number of fused-ring (bicyclic) bond motifs is 1. The van der Waals surface area contributed by atoms with Crippen molar-refractivity contribution in [3.05, 3.63) is 53.1 Å². The van der Waals surface area contributed by atoms with Crippen LogP contribution in [0.25, 0.3) is 0 Å². The molecule has 2 aromatic carbocycles. The lowest BCUT2D eigenvalue weighted by Crippen LogP contribution is -2.35. The smallest absolute Gasteiger partial charge is 0.176 e. The fourth-order valence-corrected chi connectivity index (χ4v) is 4.35. The van der Waals surface area contributed by atoms with Crippen LogP contribution in [0.5, 0.6) is 11.5 Å². The van der Waals surface area contributed by atoms with Crippen molar-refractivity contribution < 1.29 is 18.5 Å². The minimum absolute atomic E-state index is 0.00334.